The molecule has 0 aliphatic carbocycles. The summed E-state index contributed by atoms with van der Waals surface area (Å²) in [7, 11) is 0. The van der Waals surface area contributed by atoms with Gasteiger partial charge in [0.25, 0.3) is 0 Å². The molecule has 3 rings (SSSR count). The lowest BCUT2D eigenvalue weighted by atomic mass is 10.0. The number of imidazole rings is 1. The number of nitrogens with zero attached hydrogens (tertiary/aromatic N) is 3. The fourth-order valence-corrected chi connectivity index (χ4v) is 2.82. The Labute approximate surface area is 163 Å². The van der Waals surface area contributed by atoms with E-state index >= 15 is 0 Å². The Bertz CT molecular complexity index is 948. The Hall–Kier alpha value is -2.92. The molecule has 0 saturated heterocycles. The molecule has 0 fully saturated rings. The number of aliphatic hydroxyl groups excluding tert-OH is 3. The maximum Gasteiger partial charge on any atom is 0.210 e. The van der Waals surface area contributed by atoms with E-state index < -0.39 is 12.2 Å². The van der Waals surface area contributed by atoms with Crippen LogP contribution in [0.4, 0.5) is 0 Å². The summed E-state index contributed by atoms with van der Waals surface area (Å²) in [6, 6.07) is 9.08. The zero-order valence-corrected chi connectivity index (χ0v) is 15.6. The van der Waals surface area contributed by atoms with Gasteiger partial charge in [0.15, 0.2) is 0 Å². The minimum absolute atomic E-state index is 0.0704. The Morgan fingerprint density at radius 1 is 1.18 bits per heavy atom. The van der Waals surface area contributed by atoms with E-state index in [9.17, 15) is 10.2 Å². The second-order valence-electron chi connectivity index (χ2n) is 6.53. The average molecular weight is 381 g/mol. The van der Waals surface area contributed by atoms with E-state index in [-0.39, 0.29) is 6.61 Å². The molecule has 1 unspecified atom stereocenters. The van der Waals surface area contributed by atoms with Crippen molar-refractivity contribution in [1.29, 1.82) is 0 Å². The van der Waals surface area contributed by atoms with Crippen LogP contribution in [0.2, 0.25) is 0 Å². The van der Waals surface area contributed by atoms with Crippen molar-refractivity contribution in [2.24, 2.45) is 0 Å². The number of aromatic nitrogens is 3. The number of aliphatic hydroxyl groups is 3. The summed E-state index contributed by atoms with van der Waals surface area (Å²) in [6.45, 7) is 2.17. The van der Waals surface area contributed by atoms with Crippen molar-refractivity contribution >= 4 is 0 Å². The molecule has 28 heavy (non-hydrogen) atoms. The van der Waals surface area contributed by atoms with Crippen molar-refractivity contribution in [3.05, 3.63) is 71.1 Å². The van der Waals surface area contributed by atoms with Crippen LogP contribution in [0.1, 0.15) is 60.4 Å². The summed E-state index contributed by atoms with van der Waals surface area (Å²) in [5.74, 6) is 6.95. The lowest BCUT2D eigenvalue weighted by molar-refractivity contribution is 0.152. The van der Waals surface area contributed by atoms with Gasteiger partial charge in [-0.1, -0.05) is 23.2 Å². The van der Waals surface area contributed by atoms with Crippen LogP contribution in [-0.2, 0) is 6.54 Å². The molecule has 0 bridgehead atoms. The third-order valence-electron chi connectivity index (χ3n) is 4.27. The molecular weight excluding hydrogens is 358 g/mol. The highest BCUT2D eigenvalue weighted by atomic mass is 16.5. The van der Waals surface area contributed by atoms with Crippen molar-refractivity contribution in [2.75, 3.05) is 6.61 Å². The van der Waals surface area contributed by atoms with Gasteiger partial charge in [0.1, 0.15) is 17.6 Å². The van der Waals surface area contributed by atoms with E-state index in [1.54, 1.807) is 30.0 Å². The average Bonchev–Trinajstić information content (AvgIpc) is 3.34. The van der Waals surface area contributed by atoms with Gasteiger partial charge in [-0.2, -0.15) is 0 Å². The van der Waals surface area contributed by atoms with Crippen molar-refractivity contribution in [1.82, 2.24) is 14.7 Å². The molecule has 3 N–H and O–H groups in total. The highest BCUT2D eigenvalue weighted by Crippen LogP contribution is 2.18. The first-order valence-electron chi connectivity index (χ1n) is 9.12. The minimum Gasteiger partial charge on any atom is -0.396 e. The van der Waals surface area contributed by atoms with Crippen LogP contribution in [0.25, 0.3) is 0 Å². The SMILES string of the molecule is C[C@H](O)c1nccn1Cc1cc(C#Cc2ccc(C(O)CCCO)cc2)on1. The molecule has 7 heteroatoms. The van der Waals surface area contributed by atoms with Crippen LogP contribution in [0.3, 0.4) is 0 Å². The summed E-state index contributed by atoms with van der Waals surface area (Å²) in [6.07, 6.45) is 3.25. The topological polar surface area (TPSA) is 105 Å². The van der Waals surface area contributed by atoms with Gasteiger partial charge in [0, 0.05) is 30.6 Å². The lowest BCUT2D eigenvalue weighted by Gasteiger charge is -2.09. The van der Waals surface area contributed by atoms with Crippen LogP contribution < -0.4 is 0 Å². The van der Waals surface area contributed by atoms with E-state index in [1.807, 2.05) is 24.3 Å². The molecule has 1 aromatic carbocycles. The van der Waals surface area contributed by atoms with Gasteiger partial charge in [0.2, 0.25) is 5.76 Å². The normalized spacial score (nSPS) is 13.0. The summed E-state index contributed by atoms with van der Waals surface area (Å²) >= 11 is 0. The van der Waals surface area contributed by atoms with Gasteiger partial charge in [-0.05, 0) is 43.4 Å². The first-order valence-corrected chi connectivity index (χ1v) is 9.12. The predicted octanol–water partition coefficient (Wildman–Crippen LogP) is 2.18. The van der Waals surface area contributed by atoms with Crippen molar-refractivity contribution < 1.29 is 19.8 Å². The molecule has 0 amide bonds. The Balaban J connectivity index is 1.64. The van der Waals surface area contributed by atoms with E-state index in [4.69, 9.17) is 9.63 Å². The first-order chi connectivity index (χ1) is 13.6. The van der Waals surface area contributed by atoms with Crippen molar-refractivity contribution in [2.45, 2.75) is 38.5 Å². The van der Waals surface area contributed by atoms with Crippen molar-refractivity contribution in [3.63, 3.8) is 0 Å². The maximum absolute atomic E-state index is 10.0. The van der Waals surface area contributed by atoms with E-state index in [1.165, 1.54) is 0 Å². The number of rotatable bonds is 7. The van der Waals surface area contributed by atoms with Crippen LogP contribution >= 0.6 is 0 Å². The van der Waals surface area contributed by atoms with E-state index in [0.717, 1.165) is 11.1 Å². The molecule has 3 aromatic rings. The largest absolute Gasteiger partial charge is 0.396 e. The molecule has 2 atom stereocenters. The second-order valence-corrected chi connectivity index (χ2v) is 6.53. The second kappa shape index (κ2) is 9.33. The Kier molecular flexibility index (Phi) is 6.61. The van der Waals surface area contributed by atoms with Crippen LogP contribution in [0.15, 0.2) is 47.2 Å². The molecule has 146 valence electrons. The quantitative estimate of drug-likeness (QED) is 0.542. The predicted molar refractivity (Wildman–Crippen MR) is 102 cm³/mol. The molecule has 0 radical (unpaired) electrons. The molecule has 7 nitrogen and oxygen atoms in total. The highest BCUT2D eigenvalue weighted by molar-refractivity contribution is 5.40. The summed E-state index contributed by atoms with van der Waals surface area (Å²) in [4.78, 5) is 4.13. The van der Waals surface area contributed by atoms with Crippen LogP contribution in [0.5, 0.6) is 0 Å². The molecule has 0 spiro atoms. The molecule has 0 aliphatic rings. The standard InChI is InChI=1S/C21H23N3O4/c1-15(26)21-22-10-11-24(21)14-18-13-19(28-23-18)9-6-16-4-7-17(8-5-16)20(27)3-2-12-25/h4-5,7-8,10-11,13,15,20,25-27H,2-3,12,14H2,1H3/t15-,20?/m0/s1. The lowest BCUT2D eigenvalue weighted by Crippen LogP contribution is -2.07. The summed E-state index contributed by atoms with van der Waals surface area (Å²) < 4.78 is 7.06. The molecular formula is C21H23N3O4. The molecule has 2 aromatic heterocycles. The number of hydrogen-bond acceptors (Lipinski definition) is 6. The molecule has 0 aliphatic heterocycles. The zero-order valence-electron chi connectivity index (χ0n) is 15.6. The van der Waals surface area contributed by atoms with Gasteiger partial charge < -0.3 is 24.4 Å². The maximum atomic E-state index is 10.0. The smallest absolute Gasteiger partial charge is 0.210 e. The van der Waals surface area contributed by atoms with E-state index in [2.05, 4.69) is 22.0 Å². The van der Waals surface area contributed by atoms with Crippen molar-refractivity contribution in [3.8, 4) is 11.8 Å². The van der Waals surface area contributed by atoms with Gasteiger partial charge in [-0.25, -0.2) is 4.98 Å². The van der Waals surface area contributed by atoms with Crippen LogP contribution in [-0.4, -0.2) is 36.6 Å². The number of benzene rings is 1. The van der Waals surface area contributed by atoms with E-state index in [0.29, 0.717) is 36.7 Å². The first kappa shape index (κ1) is 19.8. The third-order valence-corrected chi connectivity index (χ3v) is 4.27. The number of hydrogen-bond donors (Lipinski definition) is 3. The Morgan fingerprint density at radius 2 is 1.96 bits per heavy atom. The van der Waals surface area contributed by atoms with Gasteiger partial charge in [-0.15, -0.1) is 0 Å². The summed E-state index contributed by atoms with van der Waals surface area (Å²) in [5.41, 5.74) is 2.28. The molecule has 2 heterocycles. The van der Waals surface area contributed by atoms with Crippen LogP contribution in [0, 0.1) is 11.8 Å². The highest BCUT2D eigenvalue weighted by Gasteiger charge is 2.11. The Morgan fingerprint density at radius 3 is 2.68 bits per heavy atom. The minimum atomic E-state index is -0.661. The van der Waals surface area contributed by atoms with Gasteiger partial charge in [0.05, 0.1) is 12.6 Å². The summed E-state index contributed by atoms with van der Waals surface area (Å²) in [5, 5.41) is 32.6. The van der Waals surface area contributed by atoms with Gasteiger partial charge in [-0.3, -0.25) is 0 Å². The van der Waals surface area contributed by atoms with Gasteiger partial charge >= 0.3 is 0 Å². The zero-order chi connectivity index (χ0) is 19.9. The molecule has 0 saturated carbocycles. The fraction of sp³-hybridized carbons (Fsp3) is 0.333. The monoisotopic (exact) mass is 381 g/mol. The third kappa shape index (κ3) is 5.08. The fourth-order valence-electron chi connectivity index (χ4n) is 2.82.